The molecule has 1 heterocycles. The summed E-state index contributed by atoms with van der Waals surface area (Å²) in [5, 5.41) is 0. The third kappa shape index (κ3) is 4.31. The Hall–Kier alpha value is -0.410. The third-order valence-electron chi connectivity index (χ3n) is 3.25. The van der Waals surface area contributed by atoms with Crippen LogP contribution in [0, 0.1) is 5.92 Å². The van der Waals surface area contributed by atoms with Gasteiger partial charge in [-0.2, -0.15) is 0 Å². The molecular weight excluding hydrogens is 188 g/mol. The van der Waals surface area contributed by atoms with Crippen molar-refractivity contribution < 1.29 is 4.79 Å². The van der Waals surface area contributed by atoms with Gasteiger partial charge in [0.2, 0.25) is 0 Å². The van der Waals surface area contributed by atoms with Crippen molar-refractivity contribution in [3.05, 3.63) is 0 Å². The summed E-state index contributed by atoms with van der Waals surface area (Å²) in [5.41, 5.74) is 0. The number of carbonyl (C=O) groups excluding carboxylic acids is 1. The van der Waals surface area contributed by atoms with Crippen LogP contribution < -0.4 is 0 Å². The van der Waals surface area contributed by atoms with Crippen LogP contribution in [-0.2, 0) is 4.79 Å². The minimum absolute atomic E-state index is 0.245. The summed E-state index contributed by atoms with van der Waals surface area (Å²) in [6.07, 6.45) is 2.14. The second-order valence-electron chi connectivity index (χ2n) is 4.74. The Bertz CT molecular complexity index is 198. The first-order chi connectivity index (χ1) is 7.13. The summed E-state index contributed by atoms with van der Waals surface area (Å²) in [4.78, 5) is 16.4. The van der Waals surface area contributed by atoms with Gasteiger partial charge in [0.15, 0.2) is 0 Å². The fourth-order valence-electron chi connectivity index (χ4n) is 1.98. The topological polar surface area (TPSA) is 23.6 Å². The third-order valence-corrected chi connectivity index (χ3v) is 3.25. The van der Waals surface area contributed by atoms with E-state index in [9.17, 15) is 4.79 Å². The van der Waals surface area contributed by atoms with Crippen LogP contribution in [0.2, 0.25) is 0 Å². The highest BCUT2D eigenvalue weighted by molar-refractivity contribution is 5.82. The van der Waals surface area contributed by atoms with Crippen molar-refractivity contribution in [2.75, 3.05) is 39.8 Å². The Morgan fingerprint density at radius 1 is 1.27 bits per heavy atom. The standard InChI is InChI=1S/C12H24N2O/c1-4-5-11(2)12(15)10-14-8-6-13(3)7-9-14/h11H,4-10H2,1-3H3/t11-/m0/s1. The van der Waals surface area contributed by atoms with Crippen molar-refractivity contribution >= 4 is 5.78 Å². The average molecular weight is 212 g/mol. The van der Waals surface area contributed by atoms with E-state index in [1.165, 1.54) is 0 Å². The summed E-state index contributed by atoms with van der Waals surface area (Å²) < 4.78 is 0. The van der Waals surface area contributed by atoms with E-state index in [-0.39, 0.29) is 5.92 Å². The molecule has 0 aliphatic carbocycles. The van der Waals surface area contributed by atoms with E-state index < -0.39 is 0 Å². The minimum atomic E-state index is 0.245. The maximum atomic E-state index is 11.8. The molecule has 15 heavy (non-hydrogen) atoms. The lowest BCUT2D eigenvalue weighted by atomic mass is 10.0. The number of carbonyl (C=O) groups is 1. The van der Waals surface area contributed by atoms with Crippen LogP contribution in [0.4, 0.5) is 0 Å². The van der Waals surface area contributed by atoms with Crippen molar-refractivity contribution in [1.82, 2.24) is 9.80 Å². The van der Waals surface area contributed by atoms with Gasteiger partial charge < -0.3 is 4.90 Å². The first kappa shape index (κ1) is 12.7. The molecule has 1 saturated heterocycles. The van der Waals surface area contributed by atoms with Crippen LogP contribution in [0.3, 0.4) is 0 Å². The lowest BCUT2D eigenvalue weighted by molar-refractivity contribution is -0.124. The number of likely N-dealkylation sites (N-methyl/N-ethyl adjacent to an activating group) is 1. The summed E-state index contributed by atoms with van der Waals surface area (Å²) in [5.74, 6) is 0.663. The Morgan fingerprint density at radius 3 is 2.40 bits per heavy atom. The number of nitrogens with zero attached hydrogens (tertiary/aromatic N) is 2. The Balaban J connectivity index is 2.25. The zero-order chi connectivity index (χ0) is 11.3. The van der Waals surface area contributed by atoms with E-state index in [0.717, 1.165) is 39.0 Å². The van der Waals surface area contributed by atoms with E-state index in [2.05, 4.69) is 30.7 Å². The maximum absolute atomic E-state index is 11.8. The molecular formula is C12H24N2O. The molecule has 0 saturated carbocycles. The Kier molecular flexibility index (Phi) is 5.26. The molecule has 1 atom stereocenters. The van der Waals surface area contributed by atoms with E-state index in [1.54, 1.807) is 0 Å². The highest BCUT2D eigenvalue weighted by Crippen LogP contribution is 2.08. The molecule has 3 nitrogen and oxygen atoms in total. The maximum Gasteiger partial charge on any atom is 0.149 e. The number of hydrogen-bond donors (Lipinski definition) is 0. The first-order valence-electron chi connectivity index (χ1n) is 6.07. The van der Waals surface area contributed by atoms with E-state index in [0.29, 0.717) is 12.3 Å². The number of Topliss-reactive ketones (excluding diaryl/α,β-unsaturated/α-hetero) is 1. The highest BCUT2D eigenvalue weighted by Gasteiger charge is 2.19. The molecule has 0 N–H and O–H groups in total. The molecule has 0 amide bonds. The molecule has 1 aliphatic heterocycles. The van der Waals surface area contributed by atoms with Crippen molar-refractivity contribution in [1.29, 1.82) is 0 Å². The van der Waals surface area contributed by atoms with Gasteiger partial charge in [-0.05, 0) is 13.5 Å². The molecule has 0 unspecified atom stereocenters. The van der Waals surface area contributed by atoms with E-state index >= 15 is 0 Å². The van der Waals surface area contributed by atoms with Gasteiger partial charge in [-0.1, -0.05) is 20.3 Å². The van der Waals surface area contributed by atoms with Gasteiger partial charge in [0.25, 0.3) is 0 Å². The molecule has 88 valence electrons. The molecule has 0 aromatic carbocycles. The molecule has 1 fully saturated rings. The predicted molar refractivity (Wildman–Crippen MR) is 63.0 cm³/mol. The minimum Gasteiger partial charge on any atom is -0.304 e. The van der Waals surface area contributed by atoms with Crippen molar-refractivity contribution in [2.45, 2.75) is 26.7 Å². The van der Waals surface area contributed by atoms with Crippen molar-refractivity contribution in [3.8, 4) is 0 Å². The van der Waals surface area contributed by atoms with Crippen LogP contribution in [0.5, 0.6) is 0 Å². The molecule has 1 aliphatic rings. The van der Waals surface area contributed by atoms with Crippen molar-refractivity contribution in [2.24, 2.45) is 5.92 Å². The van der Waals surface area contributed by atoms with Gasteiger partial charge in [0.1, 0.15) is 5.78 Å². The molecule has 0 aromatic rings. The zero-order valence-electron chi connectivity index (χ0n) is 10.3. The van der Waals surface area contributed by atoms with Gasteiger partial charge in [-0.25, -0.2) is 0 Å². The Labute approximate surface area is 93.4 Å². The lowest BCUT2D eigenvalue weighted by Crippen LogP contribution is -2.46. The Morgan fingerprint density at radius 2 is 1.87 bits per heavy atom. The zero-order valence-corrected chi connectivity index (χ0v) is 10.3. The summed E-state index contributed by atoms with van der Waals surface area (Å²) >= 11 is 0. The molecule has 0 bridgehead atoms. The van der Waals surface area contributed by atoms with Gasteiger partial charge in [0.05, 0.1) is 6.54 Å². The molecule has 1 rings (SSSR count). The van der Waals surface area contributed by atoms with Gasteiger partial charge >= 0.3 is 0 Å². The van der Waals surface area contributed by atoms with Crippen molar-refractivity contribution in [3.63, 3.8) is 0 Å². The number of hydrogen-bond acceptors (Lipinski definition) is 3. The monoisotopic (exact) mass is 212 g/mol. The fraction of sp³-hybridized carbons (Fsp3) is 0.917. The fourth-order valence-corrected chi connectivity index (χ4v) is 1.98. The van der Waals surface area contributed by atoms with Gasteiger partial charge in [-0.3, -0.25) is 9.69 Å². The van der Waals surface area contributed by atoms with Crippen LogP contribution in [0.25, 0.3) is 0 Å². The quantitative estimate of drug-likeness (QED) is 0.685. The molecule has 0 aromatic heterocycles. The normalized spacial score (nSPS) is 21.5. The second kappa shape index (κ2) is 6.23. The van der Waals surface area contributed by atoms with Crippen LogP contribution in [0.1, 0.15) is 26.7 Å². The van der Waals surface area contributed by atoms with Gasteiger partial charge in [-0.15, -0.1) is 0 Å². The largest absolute Gasteiger partial charge is 0.304 e. The molecule has 0 spiro atoms. The van der Waals surface area contributed by atoms with E-state index in [1.807, 2.05) is 0 Å². The average Bonchev–Trinajstić information content (AvgIpc) is 2.22. The molecule has 3 heteroatoms. The summed E-state index contributed by atoms with van der Waals surface area (Å²) in [7, 11) is 2.14. The number of rotatable bonds is 5. The number of ketones is 1. The SMILES string of the molecule is CCC[C@H](C)C(=O)CN1CCN(C)CC1. The predicted octanol–water partition coefficient (Wildman–Crippen LogP) is 1.24. The number of piperazine rings is 1. The summed E-state index contributed by atoms with van der Waals surface area (Å²) in [6, 6.07) is 0. The molecule has 0 radical (unpaired) electrons. The first-order valence-corrected chi connectivity index (χ1v) is 6.07. The van der Waals surface area contributed by atoms with Gasteiger partial charge in [0, 0.05) is 32.1 Å². The lowest BCUT2D eigenvalue weighted by Gasteiger charge is -2.32. The van der Waals surface area contributed by atoms with Crippen LogP contribution >= 0.6 is 0 Å². The highest BCUT2D eigenvalue weighted by atomic mass is 16.1. The second-order valence-corrected chi connectivity index (χ2v) is 4.74. The van der Waals surface area contributed by atoms with Crippen LogP contribution in [-0.4, -0.2) is 55.4 Å². The summed E-state index contributed by atoms with van der Waals surface area (Å²) in [6.45, 7) is 9.13. The van der Waals surface area contributed by atoms with Crippen LogP contribution in [0.15, 0.2) is 0 Å². The van der Waals surface area contributed by atoms with E-state index in [4.69, 9.17) is 0 Å². The smallest absolute Gasteiger partial charge is 0.149 e.